The van der Waals surface area contributed by atoms with E-state index in [-0.39, 0.29) is 6.04 Å². The first-order chi connectivity index (χ1) is 10.1. The number of aryl methyl sites for hydroxylation is 2. The molecule has 1 N–H and O–H groups in total. The van der Waals surface area contributed by atoms with Gasteiger partial charge in [0.05, 0.1) is 6.54 Å². The molecule has 1 atom stereocenters. The fraction of sp³-hybridized carbons (Fsp3) is 0.529. The predicted octanol–water partition coefficient (Wildman–Crippen LogP) is 3.82. The van der Waals surface area contributed by atoms with Gasteiger partial charge < -0.3 is 9.73 Å². The van der Waals surface area contributed by atoms with E-state index in [4.69, 9.17) is 4.42 Å². The van der Waals surface area contributed by atoms with Crippen LogP contribution in [0.1, 0.15) is 56.1 Å². The molecule has 0 spiro atoms. The second-order valence-corrected chi connectivity index (χ2v) is 5.81. The summed E-state index contributed by atoms with van der Waals surface area (Å²) >= 11 is 0. The average Bonchev–Trinajstić information content (AvgIpc) is 2.86. The van der Waals surface area contributed by atoms with E-state index in [1.807, 2.05) is 6.92 Å². The Morgan fingerprint density at radius 2 is 1.86 bits per heavy atom. The van der Waals surface area contributed by atoms with Crippen LogP contribution in [0.2, 0.25) is 0 Å². The van der Waals surface area contributed by atoms with Crippen LogP contribution in [-0.4, -0.2) is 10.2 Å². The number of hydrogen-bond acceptors (Lipinski definition) is 4. The number of rotatable bonds is 7. The normalized spacial score (nSPS) is 12.8. The Morgan fingerprint density at radius 1 is 1.14 bits per heavy atom. The zero-order valence-corrected chi connectivity index (χ0v) is 13.4. The van der Waals surface area contributed by atoms with Gasteiger partial charge in [0.1, 0.15) is 0 Å². The van der Waals surface area contributed by atoms with Crippen LogP contribution in [0.4, 0.5) is 0 Å². The Hall–Kier alpha value is -1.68. The van der Waals surface area contributed by atoms with Crippen molar-refractivity contribution in [3.05, 3.63) is 47.2 Å². The maximum Gasteiger partial charge on any atom is 0.230 e. The van der Waals surface area contributed by atoms with E-state index in [2.05, 4.69) is 60.6 Å². The summed E-state index contributed by atoms with van der Waals surface area (Å²) in [7, 11) is 0. The highest BCUT2D eigenvalue weighted by atomic mass is 16.4. The van der Waals surface area contributed by atoms with Gasteiger partial charge in [-0.15, -0.1) is 10.2 Å². The summed E-state index contributed by atoms with van der Waals surface area (Å²) in [5, 5.41) is 11.4. The summed E-state index contributed by atoms with van der Waals surface area (Å²) in [6.07, 6.45) is 2.32. The van der Waals surface area contributed by atoms with Gasteiger partial charge in [-0.2, -0.15) is 0 Å². The van der Waals surface area contributed by atoms with Gasteiger partial charge >= 0.3 is 0 Å². The molecular weight excluding hydrogens is 262 g/mol. The molecule has 4 heteroatoms. The van der Waals surface area contributed by atoms with Crippen molar-refractivity contribution in [2.24, 2.45) is 5.92 Å². The molecule has 114 valence electrons. The van der Waals surface area contributed by atoms with Crippen molar-refractivity contribution in [2.75, 3.05) is 0 Å². The van der Waals surface area contributed by atoms with Crippen LogP contribution in [-0.2, 0) is 13.0 Å². The van der Waals surface area contributed by atoms with Crippen LogP contribution >= 0.6 is 0 Å². The Labute approximate surface area is 127 Å². The van der Waals surface area contributed by atoms with Crippen LogP contribution in [0.15, 0.2) is 28.7 Å². The van der Waals surface area contributed by atoms with Crippen molar-refractivity contribution in [3.63, 3.8) is 0 Å². The molecule has 2 rings (SSSR count). The van der Waals surface area contributed by atoms with Gasteiger partial charge in [-0.3, -0.25) is 0 Å². The molecule has 1 unspecified atom stereocenters. The molecule has 21 heavy (non-hydrogen) atoms. The zero-order valence-electron chi connectivity index (χ0n) is 13.4. The van der Waals surface area contributed by atoms with Gasteiger partial charge in [0.15, 0.2) is 0 Å². The average molecular weight is 287 g/mol. The Kier molecular flexibility index (Phi) is 5.51. The summed E-state index contributed by atoms with van der Waals surface area (Å²) in [5.74, 6) is 1.74. The van der Waals surface area contributed by atoms with Gasteiger partial charge in [-0.25, -0.2) is 0 Å². The Balaban J connectivity index is 2.04. The van der Waals surface area contributed by atoms with Gasteiger partial charge in [0.25, 0.3) is 0 Å². The third kappa shape index (κ3) is 4.39. The van der Waals surface area contributed by atoms with E-state index in [9.17, 15) is 0 Å². The molecule has 4 nitrogen and oxygen atoms in total. The lowest BCUT2D eigenvalue weighted by Gasteiger charge is -2.22. The molecular formula is C17H25N3O. The SMILES string of the molecule is CCCc1ccc(C(NCc2nnc(C)o2)C(C)C)cc1. The first-order valence-corrected chi connectivity index (χ1v) is 7.71. The lowest BCUT2D eigenvalue weighted by atomic mass is 9.94. The lowest BCUT2D eigenvalue weighted by Crippen LogP contribution is -2.25. The minimum Gasteiger partial charge on any atom is -0.424 e. The first kappa shape index (κ1) is 15.7. The molecule has 0 saturated heterocycles. The fourth-order valence-electron chi connectivity index (χ4n) is 2.52. The molecule has 0 saturated carbocycles. The van der Waals surface area contributed by atoms with Crippen LogP contribution in [0, 0.1) is 12.8 Å². The molecule has 0 fully saturated rings. The highest BCUT2D eigenvalue weighted by molar-refractivity contribution is 5.25. The maximum absolute atomic E-state index is 5.42. The number of aromatic nitrogens is 2. The summed E-state index contributed by atoms with van der Waals surface area (Å²) in [6.45, 7) is 9.05. The van der Waals surface area contributed by atoms with E-state index in [1.54, 1.807) is 0 Å². The van der Waals surface area contributed by atoms with Crippen molar-refractivity contribution in [1.29, 1.82) is 0 Å². The molecule has 0 aliphatic rings. The summed E-state index contributed by atoms with van der Waals surface area (Å²) in [4.78, 5) is 0. The smallest absolute Gasteiger partial charge is 0.230 e. The predicted molar refractivity (Wildman–Crippen MR) is 83.9 cm³/mol. The second-order valence-electron chi connectivity index (χ2n) is 5.81. The minimum absolute atomic E-state index is 0.285. The van der Waals surface area contributed by atoms with Crippen molar-refractivity contribution < 1.29 is 4.42 Å². The quantitative estimate of drug-likeness (QED) is 0.841. The second kappa shape index (κ2) is 7.36. The van der Waals surface area contributed by atoms with Crippen molar-refractivity contribution in [3.8, 4) is 0 Å². The van der Waals surface area contributed by atoms with Crippen LogP contribution in [0.5, 0.6) is 0 Å². The van der Waals surface area contributed by atoms with Gasteiger partial charge in [-0.1, -0.05) is 51.5 Å². The molecule has 1 aromatic carbocycles. The summed E-state index contributed by atoms with van der Waals surface area (Å²) < 4.78 is 5.42. The highest BCUT2D eigenvalue weighted by Gasteiger charge is 2.16. The van der Waals surface area contributed by atoms with Crippen molar-refractivity contribution in [2.45, 2.75) is 53.1 Å². The number of nitrogens with zero attached hydrogens (tertiary/aromatic N) is 2. The summed E-state index contributed by atoms with van der Waals surface area (Å²) in [5.41, 5.74) is 2.71. The van der Waals surface area contributed by atoms with Gasteiger partial charge in [0.2, 0.25) is 11.8 Å². The van der Waals surface area contributed by atoms with E-state index < -0.39 is 0 Å². The van der Waals surface area contributed by atoms with E-state index in [0.29, 0.717) is 24.2 Å². The Morgan fingerprint density at radius 3 is 2.38 bits per heavy atom. The minimum atomic E-state index is 0.285. The van der Waals surface area contributed by atoms with Crippen molar-refractivity contribution in [1.82, 2.24) is 15.5 Å². The fourth-order valence-corrected chi connectivity index (χ4v) is 2.52. The zero-order chi connectivity index (χ0) is 15.2. The van der Waals surface area contributed by atoms with Crippen LogP contribution in [0.25, 0.3) is 0 Å². The molecule has 1 heterocycles. The molecule has 0 bridgehead atoms. The molecule has 0 amide bonds. The summed E-state index contributed by atoms with van der Waals surface area (Å²) in [6, 6.07) is 9.19. The van der Waals surface area contributed by atoms with Crippen LogP contribution in [0.3, 0.4) is 0 Å². The van der Waals surface area contributed by atoms with E-state index in [1.165, 1.54) is 17.5 Å². The van der Waals surface area contributed by atoms with Gasteiger partial charge in [0, 0.05) is 13.0 Å². The Bertz CT molecular complexity index is 545. The number of hydrogen-bond donors (Lipinski definition) is 1. The highest BCUT2D eigenvalue weighted by Crippen LogP contribution is 2.23. The molecule has 0 aliphatic heterocycles. The van der Waals surface area contributed by atoms with E-state index in [0.717, 1.165) is 6.42 Å². The standard InChI is InChI=1S/C17H25N3O/c1-5-6-14-7-9-15(10-8-14)17(12(2)3)18-11-16-20-19-13(4)21-16/h7-10,12,17-18H,5-6,11H2,1-4H3. The van der Waals surface area contributed by atoms with Gasteiger partial charge in [-0.05, 0) is 23.5 Å². The number of benzene rings is 1. The molecule has 1 aromatic heterocycles. The first-order valence-electron chi connectivity index (χ1n) is 7.71. The maximum atomic E-state index is 5.42. The lowest BCUT2D eigenvalue weighted by molar-refractivity contribution is 0.373. The largest absolute Gasteiger partial charge is 0.424 e. The van der Waals surface area contributed by atoms with Crippen LogP contribution < -0.4 is 5.32 Å². The third-order valence-electron chi connectivity index (χ3n) is 3.59. The van der Waals surface area contributed by atoms with Crippen molar-refractivity contribution >= 4 is 0 Å². The molecule has 2 aromatic rings. The molecule has 0 radical (unpaired) electrons. The molecule has 0 aliphatic carbocycles. The van der Waals surface area contributed by atoms with E-state index >= 15 is 0 Å². The number of nitrogens with one attached hydrogen (secondary N) is 1. The monoisotopic (exact) mass is 287 g/mol. The topological polar surface area (TPSA) is 51.0 Å². The third-order valence-corrected chi connectivity index (χ3v) is 3.59.